The van der Waals surface area contributed by atoms with Gasteiger partial charge in [-0.15, -0.1) is 0 Å². The SMILES string of the molecule is CCOc1ccccc1OCC[C@](C)(N)Cc1ccc(OC)c(S(N)(=O)=O)c1. The Balaban J connectivity index is 2.04. The maximum Gasteiger partial charge on any atom is 0.241 e. The van der Waals surface area contributed by atoms with Gasteiger partial charge in [0.05, 0.1) is 20.3 Å². The van der Waals surface area contributed by atoms with Gasteiger partial charge in [0.15, 0.2) is 11.5 Å². The summed E-state index contributed by atoms with van der Waals surface area (Å²) in [7, 11) is -2.49. The van der Waals surface area contributed by atoms with Crippen molar-refractivity contribution in [1.82, 2.24) is 0 Å². The Labute approximate surface area is 166 Å². The van der Waals surface area contributed by atoms with E-state index < -0.39 is 15.6 Å². The van der Waals surface area contributed by atoms with Gasteiger partial charge in [0, 0.05) is 5.54 Å². The van der Waals surface area contributed by atoms with E-state index in [1.165, 1.54) is 13.2 Å². The molecule has 0 fully saturated rings. The van der Waals surface area contributed by atoms with E-state index in [1.54, 1.807) is 12.1 Å². The summed E-state index contributed by atoms with van der Waals surface area (Å²) in [6.45, 7) is 4.76. The number of ether oxygens (including phenoxy) is 3. The van der Waals surface area contributed by atoms with Crippen molar-refractivity contribution in [1.29, 1.82) is 0 Å². The first-order valence-electron chi connectivity index (χ1n) is 8.99. The number of hydrogen-bond acceptors (Lipinski definition) is 6. The number of rotatable bonds is 10. The van der Waals surface area contributed by atoms with Gasteiger partial charge < -0.3 is 19.9 Å². The lowest BCUT2D eigenvalue weighted by Crippen LogP contribution is -2.40. The molecule has 4 N–H and O–H groups in total. The zero-order valence-electron chi connectivity index (χ0n) is 16.5. The summed E-state index contributed by atoms with van der Waals surface area (Å²) in [4.78, 5) is -0.0507. The number of para-hydroxylation sites is 2. The Hall–Kier alpha value is -2.29. The highest BCUT2D eigenvalue weighted by molar-refractivity contribution is 7.89. The molecule has 154 valence electrons. The quantitative estimate of drug-likeness (QED) is 0.624. The minimum atomic E-state index is -3.89. The Kier molecular flexibility index (Phi) is 7.29. The van der Waals surface area contributed by atoms with Crippen LogP contribution in [0.2, 0.25) is 0 Å². The first-order valence-corrected chi connectivity index (χ1v) is 10.5. The predicted octanol–water partition coefficient (Wildman–Crippen LogP) is 2.47. The van der Waals surface area contributed by atoms with Gasteiger partial charge in [-0.3, -0.25) is 0 Å². The predicted molar refractivity (Wildman–Crippen MR) is 108 cm³/mol. The molecule has 7 nitrogen and oxygen atoms in total. The third-order valence-electron chi connectivity index (χ3n) is 4.22. The number of primary sulfonamides is 1. The van der Waals surface area contributed by atoms with E-state index >= 15 is 0 Å². The fourth-order valence-electron chi connectivity index (χ4n) is 2.85. The van der Waals surface area contributed by atoms with Crippen molar-refractivity contribution in [3.05, 3.63) is 48.0 Å². The summed E-state index contributed by atoms with van der Waals surface area (Å²) < 4.78 is 40.0. The molecule has 2 aromatic carbocycles. The van der Waals surface area contributed by atoms with Gasteiger partial charge in [0.2, 0.25) is 10.0 Å². The van der Waals surface area contributed by atoms with Gasteiger partial charge in [-0.1, -0.05) is 18.2 Å². The molecule has 0 heterocycles. The smallest absolute Gasteiger partial charge is 0.241 e. The van der Waals surface area contributed by atoms with E-state index in [-0.39, 0.29) is 10.6 Å². The Morgan fingerprint density at radius 1 is 1.04 bits per heavy atom. The zero-order chi connectivity index (χ0) is 20.8. The molecular weight excluding hydrogens is 380 g/mol. The van der Waals surface area contributed by atoms with Gasteiger partial charge in [-0.25, -0.2) is 13.6 Å². The van der Waals surface area contributed by atoms with Crippen LogP contribution < -0.4 is 25.1 Å². The maximum atomic E-state index is 11.8. The Bertz CT molecular complexity index is 897. The van der Waals surface area contributed by atoms with E-state index in [1.807, 2.05) is 38.1 Å². The van der Waals surface area contributed by atoms with Gasteiger partial charge in [-0.05, 0) is 56.5 Å². The number of sulfonamides is 1. The van der Waals surface area contributed by atoms with Crippen LogP contribution in [0.3, 0.4) is 0 Å². The second kappa shape index (κ2) is 9.27. The van der Waals surface area contributed by atoms with Crippen LogP contribution in [0.15, 0.2) is 47.4 Å². The van der Waals surface area contributed by atoms with Crippen molar-refractivity contribution in [3.63, 3.8) is 0 Å². The maximum absolute atomic E-state index is 11.8. The molecule has 0 aliphatic heterocycles. The number of nitrogens with two attached hydrogens (primary N) is 2. The zero-order valence-corrected chi connectivity index (χ0v) is 17.3. The second-order valence-electron chi connectivity index (χ2n) is 6.84. The van der Waals surface area contributed by atoms with Crippen LogP contribution in [0.5, 0.6) is 17.2 Å². The highest BCUT2D eigenvalue weighted by Gasteiger charge is 2.22. The number of benzene rings is 2. The van der Waals surface area contributed by atoms with Crippen LogP contribution in [0, 0.1) is 0 Å². The molecule has 0 bridgehead atoms. The molecule has 0 aromatic heterocycles. The first-order chi connectivity index (χ1) is 13.2. The Morgan fingerprint density at radius 2 is 1.68 bits per heavy atom. The summed E-state index contributed by atoms with van der Waals surface area (Å²) in [5.74, 6) is 1.57. The molecule has 0 unspecified atom stereocenters. The van der Waals surface area contributed by atoms with Crippen LogP contribution in [0.4, 0.5) is 0 Å². The molecule has 0 saturated carbocycles. The van der Waals surface area contributed by atoms with Crippen LogP contribution in [0.25, 0.3) is 0 Å². The van der Waals surface area contributed by atoms with Gasteiger partial charge >= 0.3 is 0 Å². The standard InChI is InChI=1S/C20H28N2O5S/c1-4-26-16-7-5-6-8-17(16)27-12-11-20(2,21)14-15-9-10-18(25-3)19(13-15)28(22,23)24/h5-10,13H,4,11-12,14,21H2,1-3H3,(H2,22,23,24)/t20-/m0/s1. The van der Waals surface area contributed by atoms with Crippen molar-refractivity contribution < 1.29 is 22.6 Å². The molecule has 0 radical (unpaired) electrons. The molecule has 1 atom stereocenters. The summed E-state index contributed by atoms with van der Waals surface area (Å²) >= 11 is 0. The lowest BCUT2D eigenvalue weighted by molar-refractivity contribution is 0.246. The van der Waals surface area contributed by atoms with Crippen molar-refractivity contribution >= 4 is 10.0 Å². The summed E-state index contributed by atoms with van der Waals surface area (Å²) in [5.41, 5.74) is 6.56. The molecular formula is C20H28N2O5S. The highest BCUT2D eigenvalue weighted by Crippen LogP contribution is 2.28. The van der Waals surface area contributed by atoms with E-state index in [9.17, 15) is 8.42 Å². The third-order valence-corrected chi connectivity index (χ3v) is 5.15. The highest BCUT2D eigenvalue weighted by atomic mass is 32.2. The summed E-state index contributed by atoms with van der Waals surface area (Å²) in [5, 5.41) is 5.28. The average molecular weight is 409 g/mol. The Morgan fingerprint density at radius 3 is 2.25 bits per heavy atom. The van der Waals surface area contributed by atoms with E-state index in [0.717, 1.165) is 5.56 Å². The molecule has 0 aliphatic rings. The van der Waals surface area contributed by atoms with Crippen molar-refractivity contribution in [2.45, 2.75) is 37.1 Å². The average Bonchev–Trinajstić information content (AvgIpc) is 2.62. The lowest BCUT2D eigenvalue weighted by atomic mass is 9.91. The minimum Gasteiger partial charge on any atom is -0.495 e. The van der Waals surface area contributed by atoms with E-state index in [2.05, 4.69) is 0 Å². The van der Waals surface area contributed by atoms with Crippen LogP contribution >= 0.6 is 0 Å². The molecule has 0 spiro atoms. The number of methoxy groups -OCH3 is 1. The molecule has 2 aromatic rings. The molecule has 0 aliphatic carbocycles. The van der Waals surface area contributed by atoms with E-state index in [0.29, 0.717) is 37.6 Å². The minimum absolute atomic E-state index is 0.0507. The number of hydrogen-bond donors (Lipinski definition) is 2. The van der Waals surface area contributed by atoms with Crippen molar-refractivity contribution in [2.75, 3.05) is 20.3 Å². The third kappa shape index (κ3) is 6.12. The van der Waals surface area contributed by atoms with Gasteiger partial charge in [0.25, 0.3) is 0 Å². The van der Waals surface area contributed by atoms with E-state index in [4.69, 9.17) is 25.1 Å². The van der Waals surface area contributed by atoms with Crippen molar-refractivity contribution in [3.8, 4) is 17.2 Å². The molecule has 0 amide bonds. The topological polar surface area (TPSA) is 114 Å². The molecule has 28 heavy (non-hydrogen) atoms. The summed E-state index contributed by atoms with van der Waals surface area (Å²) in [6, 6.07) is 12.3. The van der Waals surface area contributed by atoms with Gasteiger partial charge in [0.1, 0.15) is 10.6 Å². The fraction of sp³-hybridized carbons (Fsp3) is 0.400. The van der Waals surface area contributed by atoms with Crippen LogP contribution in [0.1, 0.15) is 25.8 Å². The molecule has 2 rings (SSSR count). The van der Waals surface area contributed by atoms with Crippen LogP contribution in [-0.2, 0) is 16.4 Å². The second-order valence-corrected chi connectivity index (χ2v) is 8.37. The molecule has 0 saturated heterocycles. The first kappa shape index (κ1) is 22.0. The van der Waals surface area contributed by atoms with Crippen LogP contribution in [-0.4, -0.2) is 34.3 Å². The monoisotopic (exact) mass is 408 g/mol. The molecule has 8 heteroatoms. The largest absolute Gasteiger partial charge is 0.495 e. The normalized spacial score (nSPS) is 13.6. The lowest BCUT2D eigenvalue weighted by Gasteiger charge is -2.25. The summed E-state index contributed by atoms with van der Waals surface area (Å²) in [6.07, 6.45) is 1.01. The van der Waals surface area contributed by atoms with Gasteiger partial charge in [-0.2, -0.15) is 0 Å². The van der Waals surface area contributed by atoms with Crippen molar-refractivity contribution in [2.24, 2.45) is 10.9 Å². The fourth-order valence-corrected chi connectivity index (χ4v) is 3.59.